The van der Waals surface area contributed by atoms with Crippen molar-refractivity contribution in [2.45, 2.75) is 6.04 Å². The largest absolute Gasteiger partial charge is 0.350 e. The third-order valence-electron chi connectivity index (χ3n) is 4.92. The number of amides is 2. The van der Waals surface area contributed by atoms with Gasteiger partial charge < -0.3 is 10.6 Å². The number of carbonyl (C=O) groups is 2. The van der Waals surface area contributed by atoms with Gasteiger partial charge in [-0.25, -0.2) is 12.7 Å². The highest BCUT2D eigenvalue weighted by Crippen LogP contribution is 2.21. The summed E-state index contributed by atoms with van der Waals surface area (Å²) in [6, 6.07) is 13.7. The molecule has 1 unspecified atom stereocenters. The molecule has 2 amide bonds. The van der Waals surface area contributed by atoms with Crippen molar-refractivity contribution in [3.63, 3.8) is 0 Å². The quantitative estimate of drug-likeness (QED) is 0.445. The van der Waals surface area contributed by atoms with Gasteiger partial charge in [-0.3, -0.25) is 19.0 Å². The van der Waals surface area contributed by atoms with Gasteiger partial charge in [-0.2, -0.15) is 0 Å². The van der Waals surface area contributed by atoms with E-state index in [4.69, 9.17) is 11.6 Å². The van der Waals surface area contributed by atoms with Crippen LogP contribution in [-0.4, -0.2) is 61.5 Å². The first-order valence-corrected chi connectivity index (χ1v) is 13.1. The summed E-state index contributed by atoms with van der Waals surface area (Å²) < 4.78 is 26.7. The standard InChI is InChI=1S/C22H23ClN4O5S2/c1-26(34(2,31)32)14-16(25-22(30)18-10-11-19(23)33-18)13-24-21(29)15-6-8-17(9-7-15)27-12-4-3-5-20(27)28/h3-12,16H,13-14H2,1-2H3,(H,24,29)(H,25,30). The maximum atomic E-state index is 12.7. The van der Waals surface area contributed by atoms with E-state index in [1.165, 1.54) is 17.7 Å². The summed E-state index contributed by atoms with van der Waals surface area (Å²) in [5.74, 6) is -0.830. The lowest BCUT2D eigenvalue weighted by Gasteiger charge is -2.24. The van der Waals surface area contributed by atoms with Crippen LogP contribution >= 0.6 is 22.9 Å². The maximum absolute atomic E-state index is 12.7. The first kappa shape index (κ1) is 25.6. The van der Waals surface area contributed by atoms with Crippen molar-refractivity contribution in [2.24, 2.45) is 0 Å². The van der Waals surface area contributed by atoms with Crippen LogP contribution in [0, 0.1) is 0 Å². The number of pyridine rings is 1. The van der Waals surface area contributed by atoms with E-state index < -0.39 is 27.9 Å². The van der Waals surface area contributed by atoms with Crippen LogP contribution in [0.1, 0.15) is 20.0 Å². The smallest absolute Gasteiger partial charge is 0.261 e. The summed E-state index contributed by atoms with van der Waals surface area (Å²) in [4.78, 5) is 37.5. The lowest BCUT2D eigenvalue weighted by atomic mass is 10.2. The Morgan fingerprint density at radius 2 is 1.79 bits per heavy atom. The first-order valence-electron chi connectivity index (χ1n) is 10.1. The summed E-state index contributed by atoms with van der Waals surface area (Å²) >= 11 is 6.98. The highest BCUT2D eigenvalue weighted by molar-refractivity contribution is 7.88. The fraction of sp³-hybridized carbons (Fsp3) is 0.227. The summed E-state index contributed by atoms with van der Waals surface area (Å²) in [5, 5.41) is 5.47. The molecule has 3 aromatic rings. The van der Waals surface area contributed by atoms with Crippen molar-refractivity contribution < 1.29 is 18.0 Å². The van der Waals surface area contributed by atoms with Crippen LogP contribution in [0.2, 0.25) is 4.34 Å². The van der Waals surface area contributed by atoms with E-state index in [2.05, 4.69) is 10.6 Å². The molecule has 3 rings (SSSR count). The van der Waals surface area contributed by atoms with Gasteiger partial charge in [-0.15, -0.1) is 11.3 Å². The van der Waals surface area contributed by atoms with Crippen molar-refractivity contribution in [2.75, 3.05) is 26.4 Å². The van der Waals surface area contributed by atoms with E-state index >= 15 is 0 Å². The van der Waals surface area contributed by atoms with Gasteiger partial charge in [-0.1, -0.05) is 17.7 Å². The molecule has 0 saturated carbocycles. The molecule has 1 aromatic carbocycles. The van der Waals surface area contributed by atoms with Crippen LogP contribution in [0.5, 0.6) is 0 Å². The molecule has 0 radical (unpaired) electrons. The van der Waals surface area contributed by atoms with Gasteiger partial charge in [-0.05, 0) is 42.5 Å². The molecule has 1 atom stereocenters. The fourth-order valence-electron chi connectivity index (χ4n) is 3.03. The number of sulfonamides is 1. The van der Waals surface area contributed by atoms with Crippen molar-refractivity contribution in [1.29, 1.82) is 0 Å². The van der Waals surface area contributed by atoms with E-state index in [0.717, 1.165) is 21.9 Å². The van der Waals surface area contributed by atoms with Crippen LogP contribution in [0.4, 0.5) is 0 Å². The molecule has 180 valence electrons. The van der Waals surface area contributed by atoms with E-state index in [1.54, 1.807) is 54.7 Å². The monoisotopic (exact) mass is 522 g/mol. The number of rotatable bonds is 9. The minimum Gasteiger partial charge on any atom is -0.350 e. The number of halogens is 1. The highest BCUT2D eigenvalue weighted by Gasteiger charge is 2.22. The second-order valence-corrected chi connectivity index (χ2v) is 11.3. The Bertz CT molecular complexity index is 1340. The number of benzene rings is 1. The zero-order valence-electron chi connectivity index (χ0n) is 18.4. The Labute approximate surface area is 206 Å². The zero-order valence-corrected chi connectivity index (χ0v) is 20.8. The Morgan fingerprint density at radius 1 is 1.09 bits per heavy atom. The van der Waals surface area contributed by atoms with E-state index in [-0.39, 0.29) is 18.6 Å². The van der Waals surface area contributed by atoms with E-state index in [1.807, 2.05) is 0 Å². The third kappa shape index (κ3) is 6.76. The molecular weight excluding hydrogens is 500 g/mol. The average molecular weight is 523 g/mol. The van der Waals surface area contributed by atoms with Gasteiger partial charge in [0.2, 0.25) is 10.0 Å². The molecule has 0 spiro atoms. The molecular formula is C22H23ClN4O5S2. The number of nitrogens with zero attached hydrogens (tertiary/aromatic N) is 2. The van der Waals surface area contributed by atoms with Gasteiger partial charge in [0, 0.05) is 43.7 Å². The first-order chi connectivity index (χ1) is 16.0. The third-order valence-corrected chi connectivity index (χ3v) is 7.43. The molecule has 0 aliphatic heterocycles. The topological polar surface area (TPSA) is 118 Å². The molecule has 34 heavy (non-hydrogen) atoms. The second-order valence-electron chi connectivity index (χ2n) is 7.48. The lowest BCUT2D eigenvalue weighted by Crippen LogP contribution is -2.50. The van der Waals surface area contributed by atoms with Crippen LogP contribution in [0.25, 0.3) is 5.69 Å². The molecule has 9 nitrogen and oxygen atoms in total. The highest BCUT2D eigenvalue weighted by atomic mass is 35.5. The van der Waals surface area contributed by atoms with Crippen molar-refractivity contribution >= 4 is 44.8 Å². The number of carbonyl (C=O) groups excluding carboxylic acids is 2. The van der Waals surface area contributed by atoms with Crippen molar-refractivity contribution in [1.82, 2.24) is 19.5 Å². The average Bonchev–Trinajstić information content (AvgIpc) is 3.23. The van der Waals surface area contributed by atoms with Gasteiger partial charge in [0.1, 0.15) is 0 Å². The van der Waals surface area contributed by atoms with E-state index in [0.29, 0.717) is 20.5 Å². The van der Waals surface area contributed by atoms with Crippen LogP contribution in [0.3, 0.4) is 0 Å². The normalized spacial score (nSPS) is 12.4. The zero-order chi connectivity index (χ0) is 24.9. The lowest BCUT2D eigenvalue weighted by molar-refractivity contribution is 0.0907. The number of likely N-dealkylation sites (N-methyl/N-ethyl adjacent to an activating group) is 1. The van der Waals surface area contributed by atoms with Crippen LogP contribution < -0.4 is 16.2 Å². The molecule has 0 aliphatic rings. The number of thiophene rings is 1. The van der Waals surface area contributed by atoms with Gasteiger partial charge in [0.25, 0.3) is 17.4 Å². The number of nitrogens with one attached hydrogen (secondary N) is 2. The molecule has 2 aromatic heterocycles. The molecule has 0 fully saturated rings. The minimum absolute atomic E-state index is 0.0105. The molecule has 0 bridgehead atoms. The van der Waals surface area contributed by atoms with Crippen molar-refractivity contribution in [3.05, 3.63) is 85.9 Å². The van der Waals surface area contributed by atoms with Crippen molar-refractivity contribution in [3.8, 4) is 5.69 Å². The van der Waals surface area contributed by atoms with E-state index in [9.17, 15) is 22.8 Å². The fourth-order valence-corrected chi connectivity index (χ4v) is 4.43. The van der Waals surface area contributed by atoms with Gasteiger partial charge >= 0.3 is 0 Å². The predicted molar refractivity (Wildman–Crippen MR) is 132 cm³/mol. The molecule has 0 saturated heterocycles. The Balaban J connectivity index is 1.69. The Kier molecular flexibility index (Phi) is 8.26. The van der Waals surface area contributed by atoms with Gasteiger partial charge in [0.15, 0.2) is 0 Å². The summed E-state index contributed by atoms with van der Waals surface area (Å²) in [6.45, 7) is -0.0523. The second kappa shape index (κ2) is 11.0. The molecule has 2 N–H and O–H groups in total. The maximum Gasteiger partial charge on any atom is 0.261 e. The summed E-state index contributed by atoms with van der Waals surface area (Å²) in [7, 11) is -2.11. The minimum atomic E-state index is -3.50. The van der Waals surface area contributed by atoms with Gasteiger partial charge in [0.05, 0.1) is 21.5 Å². The Hall–Kier alpha value is -2.99. The molecule has 2 heterocycles. The number of aromatic nitrogens is 1. The SMILES string of the molecule is CN(CC(CNC(=O)c1ccc(-n2ccccc2=O)cc1)NC(=O)c1ccc(Cl)s1)S(C)(=O)=O. The Morgan fingerprint density at radius 3 is 2.38 bits per heavy atom. The molecule has 0 aliphatic carbocycles. The summed E-state index contributed by atoms with van der Waals surface area (Å²) in [5.41, 5.74) is 0.760. The molecule has 12 heteroatoms. The predicted octanol–water partition coefficient (Wildman–Crippen LogP) is 1.97. The summed E-state index contributed by atoms with van der Waals surface area (Å²) in [6.07, 6.45) is 2.69. The number of hydrogen-bond donors (Lipinski definition) is 2. The number of hydrogen-bond acceptors (Lipinski definition) is 6. The van der Waals surface area contributed by atoms with Crippen LogP contribution in [-0.2, 0) is 10.0 Å². The van der Waals surface area contributed by atoms with Crippen LogP contribution in [0.15, 0.2) is 65.6 Å².